The van der Waals surface area contributed by atoms with E-state index in [9.17, 15) is 4.79 Å². The van der Waals surface area contributed by atoms with Gasteiger partial charge in [0.1, 0.15) is 5.75 Å². The highest BCUT2D eigenvalue weighted by molar-refractivity contribution is 5.77. The Labute approximate surface area is 149 Å². The van der Waals surface area contributed by atoms with Crippen molar-refractivity contribution in [2.24, 2.45) is 7.05 Å². The zero-order chi connectivity index (χ0) is 17.6. The van der Waals surface area contributed by atoms with Gasteiger partial charge in [-0.1, -0.05) is 12.1 Å². The Bertz CT molecular complexity index is 693. The Morgan fingerprint density at radius 2 is 2.08 bits per heavy atom. The molecule has 1 aromatic carbocycles. The summed E-state index contributed by atoms with van der Waals surface area (Å²) in [6.45, 7) is 0.872. The summed E-state index contributed by atoms with van der Waals surface area (Å²) in [5.74, 6) is 1.16. The van der Waals surface area contributed by atoms with Crippen LogP contribution in [0.25, 0.3) is 0 Å². The van der Waals surface area contributed by atoms with Crippen LogP contribution < -0.4 is 4.74 Å². The summed E-state index contributed by atoms with van der Waals surface area (Å²) >= 11 is 0. The Hall–Kier alpha value is -2.30. The molecule has 0 radical (unpaired) electrons. The monoisotopic (exact) mass is 341 g/mol. The minimum atomic E-state index is 0.211. The van der Waals surface area contributed by atoms with Crippen molar-refractivity contribution in [3.63, 3.8) is 0 Å². The smallest absolute Gasteiger partial charge is 0.223 e. The number of unbranched alkanes of at least 4 members (excludes halogenated alkanes) is 1. The number of methoxy groups -OCH3 is 1. The SMILES string of the molecule is COc1ccc(CCCCC(=O)N2CCC[C@@H]2c2cnn(C)c2)cc1. The molecule has 1 aliphatic heterocycles. The fourth-order valence-corrected chi connectivity index (χ4v) is 3.57. The van der Waals surface area contributed by atoms with E-state index in [0.717, 1.165) is 50.0 Å². The minimum Gasteiger partial charge on any atom is -0.497 e. The molecule has 1 amide bonds. The first-order valence-electron chi connectivity index (χ1n) is 9.08. The van der Waals surface area contributed by atoms with Crippen LogP contribution in [0.4, 0.5) is 0 Å². The molecule has 2 aromatic rings. The van der Waals surface area contributed by atoms with Crippen LogP contribution in [0.2, 0.25) is 0 Å². The van der Waals surface area contributed by atoms with Crippen molar-refractivity contribution in [2.45, 2.75) is 44.6 Å². The third-order valence-corrected chi connectivity index (χ3v) is 4.95. The molecule has 3 rings (SSSR count). The van der Waals surface area contributed by atoms with Gasteiger partial charge >= 0.3 is 0 Å². The molecule has 0 bridgehead atoms. The zero-order valence-electron chi connectivity index (χ0n) is 15.1. The number of hydrogen-bond acceptors (Lipinski definition) is 3. The molecular formula is C20H27N3O2. The van der Waals surface area contributed by atoms with Crippen LogP contribution in [0.3, 0.4) is 0 Å². The second-order valence-corrected chi connectivity index (χ2v) is 6.75. The second-order valence-electron chi connectivity index (χ2n) is 6.75. The standard InChI is InChI=1S/C20H27N3O2/c1-22-15-17(14-21-22)19-7-5-13-23(19)20(24)8-4-3-6-16-9-11-18(25-2)12-10-16/h9-12,14-15,19H,3-8,13H2,1-2H3/t19-/m1/s1. The number of rotatable bonds is 7. The Kier molecular flexibility index (Phi) is 5.74. The molecule has 0 unspecified atom stereocenters. The van der Waals surface area contributed by atoms with Gasteiger partial charge in [0.05, 0.1) is 19.3 Å². The zero-order valence-corrected chi connectivity index (χ0v) is 15.1. The molecule has 0 saturated carbocycles. The summed E-state index contributed by atoms with van der Waals surface area (Å²) in [6.07, 6.45) is 9.64. The van der Waals surface area contributed by atoms with Crippen molar-refractivity contribution in [3.05, 3.63) is 47.8 Å². The topological polar surface area (TPSA) is 47.4 Å². The molecule has 1 saturated heterocycles. The lowest BCUT2D eigenvalue weighted by Crippen LogP contribution is -2.30. The first-order chi connectivity index (χ1) is 12.2. The number of likely N-dealkylation sites (tertiary alicyclic amines) is 1. The van der Waals surface area contributed by atoms with E-state index in [1.54, 1.807) is 7.11 Å². The maximum atomic E-state index is 12.6. The fourth-order valence-electron chi connectivity index (χ4n) is 3.57. The van der Waals surface area contributed by atoms with Gasteiger partial charge in [0, 0.05) is 31.8 Å². The van der Waals surface area contributed by atoms with Crippen LogP contribution in [0.15, 0.2) is 36.7 Å². The minimum absolute atomic E-state index is 0.211. The third kappa shape index (κ3) is 4.41. The van der Waals surface area contributed by atoms with Gasteiger partial charge in [-0.15, -0.1) is 0 Å². The predicted octanol–water partition coefficient (Wildman–Crippen LogP) is 3.51. The van der Waals surface area contributed by atoms with Crippen LogP contribution in [0.1, 0.15) is 49.3 Å². The number of carbonyl (C=O) groups excluding carboxylic acids is 1. The Morgan fingerprint density at radius 1 is 1.28 bits per heavy atom. The molecule has 5 heteroatoms. The predicted molar refractivity (Wildman–Crippen MR) is 97.4 cm³/mol. The number of ether oxygens (including phenoxy) is 1. The van der Waals surface area contributed by atoms with Crippen molar-refractivity contribution in [1.82, 2.24) is 14.7 Å². The van der Waals surface area contributed by atoms with Crippen LogP contribution in [-0.2, 0) is 18.3 Å². The highest BCUT2D eigenvalue weighted by Crippen LogP contribution is 2.32. The maximum Gasteiger partial charge on any atom is 0.223 e. The second kappa shape index (κ2) is 8.19. The molecule has 0 aliphatic carbocycles. The van der Waals surface area contributed by atoms with Gasteiger partial charge in [0.15, 0.2) is 0 Å². The number of benzene rings is 1. The summed E-state index contributed by atoms with van der Waals surface area (Å²) < 4.78 is 6.99. The number of amides is 1. The fraction of sp³-hybridized carbons (Fsp3) is 0.500. The molecule has 1 aliphatic rings. The van der Waals surface area contributed by atoms with E-state index in [1.807, 2.05) is 41.2 Å². The first-order valence-corrected chi connectivity index (χ1v) is 9.08. The van der Waals surface area contributed by atoms with Gasteiger partial charge in [-0.25, -0.2) is 0 Å². The van der Waals surface area contributed by atoms with E-state index in [4.69, 9.17) is 4.74 Å². The van der Waals surface area contributed by atoms with E-state index in [0.29, 0.717) is 6.42 Å². The van der Waals surface area contributed by atoms with Crippen LogP contribution in [0.5, 0.6) is 5.75 Å². The van der Waals surface area contributed by atoms with Crippen molar-refractivity contribution in [3.8, 4) is 5.75 Å². The highest BCUT2D eigenvalue weighted by Gasteiger charge is 2.30. The molecule has 25 heavy (non-hydrogen) atoms. The number of aryl methyl sites for hydroxylation is 2. The Balaban J connectivity index is 1.45. The van der Waals surface area contributed by atoms with Crippen molar-refractivity contribution in [1.29, 1.82) is 0 Å². The van der Waals surface area contributed by atoms with E-state index in [-0.39, 0.29) is 11.9 Å². The van der Waals surface area contributed by atoms with Gasteiger partial charge in [-0.05, 0) is 49.8 Å². The normalized spacial score (nSPS) is 17.0. The molecule has 0 spiro atoms. The largest absolute Gasteiger partial charge is 0.497 e. The van der Waals surface area contributed by atoms with E-state index < -0.39 is 0 Å². The summed E-state index contributed by atoms with van der Waals surface area (Å²) in [6, 6.07) is 8.38. The number of hydrogen-bond donors (Lipinski definition) is 0. The molecule has 1 atom stereocenters. The highest BCUT2D eigenvalue weighted by atomic mass is 16.5. The van der Waals surface area contributed by atoms with Gasteiger partial charge in [-0.3, -0.25) is 9.48 Å². The van der Waals surface area contributed by atoms with E-state index >= 15 is 0 Å². The summed E-state index contributed by atoms with van der Waals surface area (Å²) in [5, 5.41) is 4.25. The van der Waals surface area contributed by atoms with Crippen molar-refractivity contribution >= 4 is 5.91 Å². The van der Waals surface area contributed by atoms with Crippen molar-refractivity contribution in [2.75, 3.05) is 13.7 Å². The van der Waals surface area contributed by atoms with Gasteiger partial charge < -0.3 is 9.64 Å². The maximum absolute atomic E-state index is 12.6. The molecule has 2 heterocycles. The molecule has 1 fully saturated rings. The average Bonchev–Trinajstić information content (AvgIpc) is 3.27. The quantitative estimate of drug-likeness (QED) is 0.724. The Morgan fingerprint density at radius 3 is 2.76 bits per heavy atom. The summed E-state index contributed by atoms with van der Waals surface area (Å²) in [7, 11) is 3.60. The van der Waals surface area contributed by atoms with Crippen LogP contribution >= 0.6 is 0 Å². The number of nitrogens with zero attached hydrogens (tertiary/aromatic N) is 3. The lowest BCUT2D eigenvalue weighted by Gasteiger charge is -2.24. The van der Waals surface area contributed by atoms with Gasteiger partial charge in [-0.2, -0.15) is 5.10 Å². The van der Waals surface area contributed by atoms with Gasteiger partial charge in [0.25, 0.3) is 0 Å². The van der Waals surface area contributed by atoms with Crippen LogP contribution in [-0.4, -0.2) is 34.2 Å². The van der Waals surface area contributed by atoms with E-state index in [2.05, 4.69) is 17.2 Å². The third-order valence-electron chi connectivity index (χ3n) is 4.95. The number of aromatic nitrogens is 2. The molecule has 1 aromatic heterocycles. The van der Waals surface area contributed by atoms with Crippen molar-refractivity contribution < 1.29 is 9.53 Å². The van der Waals surface area contributed by atoms with Gasteiger partial charge in [0.2, 0.25) is 5.91 Å². The lowest BCUT2D eigenvalue weighted by atomic mass is 10.1. The summed E-state index contributed by atoms with van der Waals surface area (Å²) in [5.41, 5.74) is 2.45. The van der Waals surface area contributed by atoms with Crippen LogP contribution in [0, 0.1) is 0 Å². The lowest BCUT2D eigenvalue weighted by molar-refractivity contribution is -0.132. The van der Waals surface area contributed by atoms with E-state index in [1.165, 1.54) is 5.56 Å². The molecule has 0 N–H and O–H groups in total. The average molecular weight is 341 g/mol. The molecular weight excluding hydrogens is 314 g/mol. The number of carbonyl (C=O) groups is 1. The molecule has 134 valence electrons. The summed E-state index contributed by atoms with van der Waals surface area (Å²) in [4.78, 5) is 14.7. The first kappa shape index (κ1) is 17.5. The molecule has 5 nitrogen and oxygen atoms in total.